The molecule has 0 heterocycles. The van der Waals surface area contributed by atoms with Crippen molar-refractivity contribution in [1.29, 1.82) is 0 Å². The highest BCUT2D eigenvalue weighted by molar-refractivity contribution is 7.99. The average Bonchev–Trinajstić information content (AvgIpc) is 3.19. The summed E-state index contributed by atoms with van der Waals surface area (Å²) in [5.74, 6) is 2.90. The Morgan fingerprint density at radius 1 is 0.557 bits per heavy atom. The molecule has 0 saturated carbocycles. The average molecular weight is 839 g/mol. The predicted molar refractivity (Wildman–Crippen MR) is 270 cm³/mol. The first-order chi connectivity index (χ1) is 28.8. The van der Waals surface area contributed by atoms with Gasteiger partial charge in [-0.15, -0.1) is 11.8 Å². The van der Waals surface area contributed by atoms with Crippen LogP contribution in [0.4, 0.5) is 0 Å². The quantitative estimate of drug-likeness (QED) is 0.0570. The minimum Gasteiger partial charge on any atom is -0.491 e. The lowest BCUT2D eigenvalue weighted by Crippen LogP contribution is -2.49. The van der Waals surface area contributed by atoms with E-state index >= 15 is 0 Å². The molecular weight excluding hydrogens is 757 g/mol. The highest BCUT2D eigenvalue weighted by atomic mass is 32.2. The van der Waals surface area contributed by atoms with E-state index in [-0.39, 0.29) is 45.5 Å². The zero-order valence-corrected chi connectivity index (χ0v) is 41.5. The SMILES string of the molecule is CCCSc1ccc(C(CC(C)(C)C)C(c2ccc3ccccc3c2)C(CCCCc2ccc(CCC)cc2)(C(CC(C)(C)C)c2cccc(OC(C)C)c2)C(C)(C)C)cc1. The third-order valence-electron chi connectivity index (χ3n) is 13.0. The van der Waals surface area contributed by atoms with Gasteiger partial charge in [-0.2, -0.15) is 0 Å². The Bertz CT molecular complexity index is 2070. The normalized spacial score (nSPS) is 15.1. The topological polar surface area (TPSA) is 9.23 Å². The second-order valence-corrected chi connectivity index (χ2v) is 23.2. The van der Waals surface area contributed by atoms with Crippen LogP contribution < -0.4 is 4.74 Å². The van der Waals surface area contributed by atoms with Crippen LogP contribution in [0.5, 0.6) is 5.75 Å². The lowest BCUT2D eigenvalue weighted by molar-refractivity contribution is -0.0209. The second-order valence-electron chi connectivity index (χ2n) is 22.0. The third-order valence-corrected chi connectivity index (χ3v) is 14.3. The predicted octanol–water partition coefficient (Wildman–Crippen LogP) is 18.1. The number of unbranched alkanes of at least 4 members (excludes halogenated alkanes) is 1. The standard InChI is InChI=1S/C59H82OS/c1-14-21-44-27-29-45(30-28-44)22-18-19-37-59(58(11,12)13,54(42-57(8,9)10)49-25-20-26-51(40-49)60-43(3)4)55(50-32-31-46-23-16-17-24-48(46)39-50)53(41-56(5,6)7)47-33-35-52(36-34-47)61-38-15-2/h16-17,20,23-36,39-40,43,53-55H,14-15,18-19,21-22,37-38,41-42H2,1-13H3. The van der Waals surface area contributed by atoms with Gasteiger partial charge in [0.05, 0.1) is 6.10 Å². The molecule has 0 N–H and O–H groups in total. The molecule has 0 aliphatic heterocycles. The minimum absolute atomic E-state index is 0.0804. The van der Waals surface area contributed by atoms with Crippen molar-refractivity contribution in [2.24, 2.45) is 21.7 Å². The summed E-state index contributed by atoms with van der Waals surface area (Å²) < 4.78 is 6.52. The second kappa shape index (κ2) is 21.3. The third kappa shape index (κ3) is 13.3. The molecule has 0 aliphatic rings. The van der Waals surface area contributed by atoms with Gasteiger partial charge >= 0.3 is 0 Å². The minimum atomic E-state index is -0.157. The lowest BCUT2D eigenvalue weighted by Gasteiger charge is -2.59. The van der Waals surface area contributed by atoms with Crippen LogP contribution in [0.25, 0.3) is 10.8 Å². The molecule has 0 aliphatic carbocycles. The van der Waals surface area contributed by atoms with E-state index in [0.29, 0.717) is 0 Å². The van der Waals surface area contributed by atoms with Crippen molar-refractivity contribution in [2.75, 3.05) is 5.75 Å². The number of ether oxygens (including phenoxy) is 1. The van der Waals surface area contributed by atoms with Gasteiger partial charge in [-0.05, 0) is 167 Å². The highest BCUT2D eigenvalue weighted by Gasteiger charge is 2.56. The van der Waals surface area contributed by atoms with Gasteiger partial charge in [0.2, 0.25) is 0 Å². The molecule has 2 heteroatoms. The number of hydrogen-bond acceptors (Lipinski definition) is 2. The van der Waals surface area contributed by atoms with Crippen molar-refractivity contribution in [1.82, 2.24) is 0 Å². The monoisotopic (exact) mass is 839 g/mol. The number of rotatable bonds is 20. The Kier molecular flexibility index (Phi) is 16.9. The molecule has 0 amide bonds. The molecule has 1 nitrogen and oxygen atoms in total. The summed E-state index contributed by atoms with van der Waals surface area (Å²) in [6, 6.07) is 45.2. The van der Waals surface area contributed by atoms with Gasteiger partial charge in [-0.1, -0.05) is 180 Å². The summed E-state index contributed by atoms with van der Waals surface area (Å²) in [7, 11) is 0. The smallest absolute Gasteiger partial charge is 0.119 e. The Balaban J connectivity index is 1.83. The summed E-state index contributed by atoms with van der Waals surface area (Å²) in [4.78, 5) is 1.37. The van der Waals surface area contributed by atoms with E-state index in [4.69, 9.17) is 4.74 Å². The highest BCUT2D eigenvalue weighted by Crippen LogP contribution is 2.67. The van der Waals surface area contributed by atoms with Crippen LogP contribution in [0, 0.1) is 21.7 Å². The number of thioether (sulfide) groups is 1. The molecule has 330 valence electrons. The maximum absolute atomic E-state index is 6.52. The van der Waals surface area contributed by atoms with Gasteiger partial charge in [0.15, 0.2) is 0 Å². The molecule has 0 spiro atoms. The van der Waals surface area contributed by atoms with E-state index in [1.54, 1.807) is 0 Å². The van der Waals surface area contributed by atoms with Gasteiger partial charge < -0.3 is 4.74 Å². The maximum Gasteiger partial charge on any atom is 0.119 e. The molecule has 5 rings (SSSR count). The first-order valence-corrected chi connectivity index (χ1v) is 24.9. The molecular formula is C59H82OS. The van der Waals surface area contributed by atoms with Crippen LogP contribution in [0.1, 0.15) is 181 Å². The first kappa shape index (κ1) is 48.5. The van der Waals surface area contributed by atoms with E-state index in [0.717, 1.165) is 50.0 Å². The van der Waals surface area contributed by atoms with Crippen molar-refractivity contribution in [3.8, 4) is 5.75 Å². The zero-order chi connectivity index (χ0) is 44.4. The van der Waals surface area contributed by atoms with Crippen LogP contribution in [0.15, 0.2) is 120 Å². The number of aryl methyl sites for hydroxylation is 2. The fourth-order valence-electron chi connectivity index (χ4n) is 10.5. The summed E-state index contributed by atoms with van der Waals surface area (Å²) in [5.41, 5.74) is 7.24. The number of fused-ring (bicyclic) bond motifs is 1. The van der Waals surface area contributed by atoms with Crippen molar-refractivity contribution in [3.63, 3.8) is 0 Å². The lowest BCUT2D eigenvalue weighted by atomic mass is 9.45. The van der Waals surface area contributed by atoms with Gasteiger partial charge in [-0.25, -0.2) is 0 Å². The van der Waals surface area contributed by atoms with Crippen LogP contribution in [-0.2, 0) is 12.8 Å². The van der Waals surface area contributed by atoms with Crippen LogP contribution in [-0.4, -0.2) is 11.9 Å². The molecule has 0 aromatic heterocycles. The van der Waals surface area contributed by atoms with Crippen molar-refractivity contribution >= 4 is 22.5 Å². The molecule has 5 aromatic carbocycles. The molecule has 0 radical (unpaired) electrons. The fraction of sp³-hybridized carbons (Fsp3) is 0.525. The van der Waals surface area contributed by atoms with Crippen LogP contribution >= 0.6 is 11.8 Å². The largest absolute Gasteiger partial charge is 0.491 e. The van der Waals surface area contributed by atoms with Gasteiger partial charge in [0.25, 0.3) is 0 Å². The van der Waals surface area contributed by atoms with E-state index < -0.39 is 0 Å². The Morgan fingerprint density at radius 3 is 1.77 bits per heavy atom. The summed E-state index contributed by atoms with van der Waals surface area (Å²) in [6.07, 6.45) is 10.4. The van der Waals surface area contributed by atoms with E-state index in [1.165, 1.54) is 62.7 Å². The van der Waals surface area contributed by atoms with Crippen molar-refractivity contribution in [3.05, 3.63) is 143 Å². The van der Waals surface area contributed by atoms with Gasteiger partial charge in [-0.3, -0.25) is 0 Å². The summed E-state index contributed by atoms with van der Waals surface area (Å²) in [5, 5.41) is 2.64. The Morgan fingerprint density at radius 2 is 1.18 bits per heavy atom. The zero-order valence-electron chi connectivity index (χ0n) is 40.7. The molecule has 4 atom stereocenters. The number of hydrogen-bond donors (Lipinski definition) is 0. The van der Waals surface area contributed by atoms with Crippen molar-refractivity contribution < 1.29 is 4.74 Å². The molecule has 0 bridgehead atoms. The molecule has 0 saturated heterocycles. The molecule has 4 unspecified atom stereocenters. The van der Waals surface area contributed by atoms with Crippen LogP contribution in [0.3, 0.4) is 0 Å². The van der Waals surface area contributed by atoms with E-state index in [1.807, 2.05) is 11.8 Å². The Labute approximate surface area is 378 Å². The summed E-state index contributed by atoms with van der Waals surface area (Å²) in [6.45, 7) is 31.4. The molecule has 61 heavy (non-hydrogen) atoms. The van der Waals surface area contributed by atoms with E-state index in [2.05, 4.69) is 205 Å². The van der Waals surface area contributed by atoms with E-state index in [9.17, 15) is 0 Å². The van der Waals surface area contributed by atoms with Gasteiger partial charge in [0, 0.05) is 4.90 Å². The number of benzene rings is 5. The van der Waals surface area contributed by atoms with Crippen molar-refractivity contribution in [2.45, 2.75) is 177 Å². The maximum atomic E-state index is 6.52. The van der Waals surface area contributed by atoms with Crippen LogP contribution in [0.2, 0.25) is 0 Å². The Hall–Kier alpha value is -3.49. The molecule has 5 aromatic rings. The summed E-state index contributed by atoms with van der Waals surface area (Å²) >= 11 is 1.99. The molecule has 0 fully saturated rings. The fourth-order valence-corrected chi connectivity index (χ4v) is 11.3. The van der Waals surface area contributed by atoms with Gasteiger partial charge in [0.1, 0.15) is 5.75 Å². The first-order valence-electron chi connectivity index (χ1n) is 23.9.